The molecule has 0 aliphatic heterocycles. The molecule has 0 bridgehead atoms. The van der Waals surface area contributed by atoms with Crippen molar-refractivity contribution < 1.29 is 4.79 Å². The highest BCUT2D eigenvalue weighted by atomic mass is 32.1. The van der Waals surface area contributed by atoms with Gasteiger partial charge in [0.2, 0.25) is 0 Å². The van der Waals surface area contributed by atoms with Gasteiger partial charge in [-0.25, -0.2) is 0 Å². The fourth-order valence-electron chi connectivity index (χ4n) is 1.45. The van der Waals surface area contributed by atoms with Gasteiger partial charge in [0.05, 0.1) is 10.6 Å². The molecule has 1 aromatic carbocycles. The molecule has 0 radical (unpaired) electrons. The normalized spacial score (nSPS) is 10.2. The number of aldehydes is 1. The molecule has 0 aliphatic carbocycles. The van der Waals surface area contributed by atoms with E-state index in [1.54, 1.807) is 0 Å². The zero-order valence-corrected chi connectivity index (χ0v) is 9.17. The molecule has 0 amide bonds. The first-order valence-electron chi connectivity index (χ1n) is 4.62. The number of carbonyl (C=O) groups is 1. The standard InChI is InChI=1S/C12H11NOS/c1-8-3-2-4-9(5-8)11-6-10(13)12(7-14)15-11/h2-7H,13H2,1H3. The van der Waals surface area contributed by atoms with Crippen LogP contribution < -0.4 is 5.73 Å². The van der Waals surface area contributed by atoms with Gasteiger partial charge in [0, 0.05) is 4.88 Å². The van der Waals surface area contributed by atoms with E-state index in [9.17, 15) is 4.79 Å². The number of hydrogen-bond donors (Lipinski definition) is 1. The molecule has 0 spiro atoms. The van der Waals surface area contributed by atoms with Gasteiger partial charge in [-0.2, -0.15) is 0 Å². The summed E-state index contributed by atoms with van der Waals surface area (Å²) >= 11 is 1.43. The molecule has 76 valence electrons. The maximum absolute atomic E-state index is 10.7. The Hall–Kier alpha value is -1.61. The summed E-state index contributed by atoms with van der Waals surface area (Å²) in [7, 11) is 0. The van der Waals surface area contributed by atoms with Crippen molar-refractivity contribution in [3.63, 3.8) is 0 Å². The highest BCUT2D eigenvalue weighted by molar-refractivity contribution is 7.17. The Kier molecular flexibility index (Phi) is 2.56. The van der Waals surface area contributed by atoms with E-state index in [1.165, 1.54) is 16.9 Å². The zero-order chi connectivity index (χ0) is 10.8. The van der Waals surface area contributed by atoms with Crippen LogP contribution in [0.5, 0.6) is 0 Å². The largest absolute Gasteiger partial charge is 0.397 e. The number of rotatable bonds is 2. The number of thiophene rings is 1. The Balaban J connectivity index is 2.49. The summed E-state index contributed by atoms with van der Waals surface area (Å²) in [6.45, 7) is 2.04. The van der Waals surface area contributed by atoms with Crippen LogP contribution in [0.15, 0.2) is 30.3 Å². The predicted octanol–water partition coefficient (Wildman–Crippen LogP) is 3.12. The molecule has 0 atom stereocenters. The second-order valence-corrected chi connectivity index (χ2v) is 4.50. The van der Waals surface area contributed by atoms with Gasteiger partial charge in [-0.3, -0.25) is 4.79 Å². The smallest absolute Gasteiger partial charge is 0.162 e. The third-order valence-electron chi connectivity index (χ3n) is 2.20. The lowest BCUT2D eigenvalue weighted by Gasteiger charge is -1.97. The Morgan fingerprint density at radius 2 is 2.13 bits per heavy atom. The van der Waals surface area contributed by atoms with E-state index < -0.39 is 0 Å². The Morgan fingerprint density at radius 1 is 1.33 bits per heavy atom. The fraction of sp³-hybridized carbons (Fsp3) is 0.0833. The van der Waals surface area contributed by atoms with Gasteiger partial charge < -0.3 is 5.73 Å². The molecule has 2 nitrogen and oxygen atoms in total. The van der Waals surface area contributed by atoms with Crippen LogP contribution in [0, 0.1) is 6.92 Å². The molecule has 1 heterocycles. The van der Waals surface area contributed by atoms with Crippen molar-refractivity contribution in [3.8, 4) is 10.4 Å². The van der Waals surface area contributed by atoms with Crippen molar-refractivity contribution in [2.45, 2.75) is 6.92 Å². The van der Waals surface area contributed by atoms with Crippen molar-refractivity contribution >= 4 is 23.3 Å². The van der Waals surface area contributed by atoms with Crippen molar-refractivity contribution in [1.82, 2.24) is 0 Å². The number of benzene rings is 1. The molecule has 2 rings (SSSR count). The average Bonchev–Trinajstić information content (AvgIpc) is 2.60. The molecular formula is C12H11NOS. The van der Waals surface area contributed by atoms with Gasteiger partial charge in [0.15, 0.2) is 6.29 Å². The number of nitrogen functional groups attached to an aromatic ring is 1. The quantitative estimate of drug-likeness (QED) is 0.785. The maximum Gasteiger partial charge on any atom is 0.162 e. The Morgan fingerprint density at radius 3 is 2.73 bits per heavy atom. The van der Waals surface area contributed by atoms with Crippen LogP contribution in [0.4, 0.5) is 5.69 Å². The summed E-state index contributed by atoms with van der Waals surface area (Å²) in [5, 5.41) is 0. The van der Waals surface area contributed by atoms with Crippen molar-refractivity contribution in [3.05, 3.63) is 40.8 Å². The molecular weight excluding hydrogens is 206 g/mol. The van der Waals surface area contributed by atoms with Crippen molar-refractivity contribution in [2.24, 2.45) is 0 Å². The summed E-state index contributed by atoms with van der Waals surface area (Å²) in [6.07, 6.45) is 0.805. The first-order valence-corrected chi connectivity index (χ1v) is 5.44. The molecule has 0 fully saturated rings. The number of hydrogen-bond acceptors (Lipinski definition) is 3. The number of aryl methyl sites for hydroxylation is 1. The van der Waals surface area contributed by atoms with Gasteiger partial charge >= 0.3 is 0 Å². The molecule has 0 saturated heterocycles. The van der Waals surface area contributed by atoms with Gasteiger partial charge in [0.1, 0.15) is 0 Å². The third kappa shape index (κ3) is 1.92. The lowest BCUT2D eigenvalue weighted by Crippen LogP contribution is -1.84. The summed E-state index contributed by atoms with van der Waals surface area (Å²) < 4.78 is 0. The molecule has 2 N–H and O–H groups in total. The van der Waals surface area contributed by atoms with Crippen LogP contribution in [-0.4, -0.2) is 6.29 Å². The second kappa shape index (κ2) is 3.87. The minimum Gasteiger partial charge on any atom is -0.397 e. The van der Waals surface area contributed by atoms with Crippen LogP contribution >= 0.6 is 11.3 Å². The Labute approximate surface area is 92.4 Å². The highest BCUT2D eigenvalue weighted by Gasteiger charge is 2.06. The number of carbonyl (C=O) groups excluding carboxylic acids is 1. The molecule has 3 heteroatoms. The summed E-state index contributed by atoms with van der Waals surface area (Å²) in [4.78, 5) is 12.3. The van der Waals surface area contributed by atoms with E-state index in [1.807, 2.05) is 31.2 Å². The number of nitrogens with two attached hydrogens (primary N) is 1. The van der Waals surface area contributed by atoms with Crippen LogP contribution in [0.2, 0.25) is 0 Å². The fourth-order valence-corrected chi connectivity index (χ4v) is 2.34. The molecule has 0 aliphatic rings. The number of anilines is 1. The lowest BCUT2D eigenvalue weighted by atomic mass is 10.1. The first kappa shape index (κ1) is 9.93. The van der Waals surface area contributed by atoms with Gasteiger partial charge in [-0.05, 0) is 18.6 Å². The molecule has 0 unspecified atom stereocenters. The maximum atomic E-state index is 10.7. The first-order chi connectivity index (χ1) is 7.20. The van der Waals surface area contributed by atoms with Crippen LogP contribution in [0.1, 0.15) is 15.2 Å². The average molecular weight is 217 g/mol. The topological polar surface area (TPSA) is 43.1 Å². The van der Waals surface area contributed by atoms with E-state index >= 15 is 0 Å². The van der Waals surface area contributed by atoms with E-state index in [4.69, 9.17) is 5.73 Å². The van der Waals surface area contributed by atoms with Gasteiger partial charge in [-0.1, -0.05) is 29.8 Å². The van der Waals surface area contributed by atoms with Gasteiger partial charge in [-0.15, -0.1) is 11.3 Å². The monoisotopic (exact) mass is 217 g/mol. The highest BCUT2D eigenvalue weighted by Crippen LogP contribution is 2.32. The van der Waals surface area contributed by atoms with Crippen LogP contribution in [-0.2, 0) is 0 Å². The SMILES string of the molecule is Cc1cccc(-c2cc(N)c(C=O)s2)c1. The lowest BCUT2D eigenvalue weighted by molar-refractivity contribution is 0.112. The molecule has 2 aromatic rings. The molecule has 15 heavy (non-hydrogen) atoms. The van der Waals surface area contributed by atoms with E-state index in [0.717, 1.165) is 16.7 Å². The van der Waals surface area contributed by atoms with Crippen LogP contribution in [0.3, 0.4) is 0 Å². The zero-order valence-electron chi connectivity index (χ0n) is 8.36. The van der Waals surface area contributed by atoms with Gasteiger partial charge in [0.25, 0.3) is 0 Å². The minimum absolute atomic E-state index is 0.562. The summed E-state index contributed by atoms with van der Waals surface area (Å²) in [5.74, 6) is 0. The molecule has 0 saturated carbocycles. The van der Waals surface area contributed by atoms with Crippen LogP contribution in [0.25, 0.3) is 10.4 Å². The van der Waals surface area contributed by atoms with E-state index in [2.05, 4.69) is 6.07 Å². The summed E-state index contributed by atoms with van der Waals surface area (Å²) in [5.41, 5.74) is 8.58. The van der Waals surface area contributed by atoms with Crippen molar-refractivity contribution in [1.29, 1.82) is 0 Å². The third-order valence-corrected chi connectivity index (χ3v) is 3.33. The second-order valence-electron chi connectivity index (χ2n) is 3.42. The minimum atomic E-state index is 0.562. The predicted molar refractivity (Wildman–Crippen MR) is 64.3 cm³/mol. The Bertz CT molecular complexity index is 502. The van der Waals surface area contributed by atoms with E-state index in [0.29, 0.717) is 10.6 Å². The molecule has 1 aromatic heterocycles. The summed E-state index contributed by atoms with van der Waals surface area (Å²) in [6, 6.07) is 10.00. The van der Waals surface area contributed by atoms with Crippen molar-refractivity contribution in [2.75, 3.05) is 5.73 Å². The van der Waals surface area contributed by atoms with E-state index in [-0.39, 0.29) is 0 Å².